The quantitative estimate of drug-likeness (QED) is 0.130. The average molecular weight is 461 g/mol. The molecule has 0 saturated carbocycles. The Balaban J connectivity index is -0.000000501. The monoisotopic (exact) mass is 460 g/mol. The molecule has 0 rings (SSSR count). The van der Waals surface area contributed by atoms with Gasteiger partial charge in [0.15, 0.2) is 0 Å². The van der Waals surface area contributed by atoms with E-state index in [0.29, 0.717) is 0 Å². The maximum Gasteiger partial charge on any atom is 1.00 e. The van der Waals surface area contributed by atoms with E-state index in [1.165, 1.54) is 128 Å². The van der Waals surface area contributed by atoms with Crippen LogP contribution in [0.15, 0.2) is 0 Å². The first-order valence-electron chi connectivity index (χ1n) is 12.7. The largest absolute Gasteiger partial charge is 1.00 e. The first-order chi connectivity index (χ1) is 14.4. The fraction of sp³-hybridized carbons (Fsp3) is 1.00. The Hall–Kier alpha value is 0.427. The number of ether oxygens (including phenoxy) is 1. The summed E-state index contributed by atoms with van der Waals surface area (Å²) in [7, 11) is -4.67. The summed E-state index contributed by atoms with van der Waals surface area (Å²) in [5.74, 6) is 0. The normalized spacial score (nSPS) is 11.0. The van der Waals surface area contributed by atoms with Crippen LogP contribution in [0.25, 0.3) is 0 Å². The molecular formula is C24H53LiO5S. The smallest absolute Gasteiger partial charge is 1.00 e. The van der Waals surface area contributed by atoms with E-state index in [2.05, 4.69) is 13.8 Å². The van der Waals surface area contributed by atoms with Gasteiger partial charge in [0.2, 0.25) is 0 Å². The van der Waals surface area contributed by atoms with Crippen LogP contribution in [0.5, 0.6) is 0 Å². The standard InChI is InChI=1S/C24H50O.Li.H2O4S.H/c1-3-5-7-9-11-13-15-17-19-21-23-25-24-22-20-18-16-14-12-10-8-6-4-2;;1-5(2,3)4;/h3-24H2,1-2H3;;(H2,1,2,3,4);/q;+1;;-1. The third kappa shape index (κ3) is 48.9. The molecule has 0 aliphatic rings. The van der Waals surface area contributed by atoms with E-state index in [1.807, 2.05) is 0 Å². The molecule has 0 bridgehead atoms. The number of hydrogen-bond acceptors (Lipinski definition) is 3. The Morgan fingerprint density at radius 3 is 0.935 bits per heavy atom. The van der Waals surface area contributed by atoms with Crippen molar-refractivity contribution in [1.29, 1.82) is 0 Å². The zero-order chi connectivity index (χ0) is 22.8. The minimum atomic E-state index is -4.67. The van der Waals surface area contributed by atoms with Gasteiger partial charge in [-0.3, -0.25) is 9.11 Å². The third-order valence-electron chi connectivity index (χ3n) is 5.28. The van der Waals surface area contributed by atoms with E-state index in [-0.39, 0.29) is 20.3 Å². The molecule has 0 aromatic carbocycles. The van der Waals surface area contributed by atoms with Crippen LogP contribution in [0.3, 0.4) is 0 Å². The van der Waals surface area contributed by atoms with Crippen molar-refractivity contribution in [2.75, 3.05) is 13.2 Å². The first kappa shape index (κ1) is 36.0. The predicted octanol–water partition coefficient (Wildman–Crippen LogP) is 5.31. The molecule has 186 valence electrons. The fourth-order valence-electron chi connectivity index (χ4n) is 3.49. The van der Waals surface area contributed by atoms with Crippen LogP contribution in [0.4, 0.5) is 0 Å². The maximum absolute atomic E-state index is 8.74. The van der Waals surface area contributed by atoms with Gasteiger partial charge < -0.3 is 6.16 Å². The Bertz CT molecular complexity index is 381. The Morgan fingerprint density at radius 2 is 0.710 bits per heavy atom. The van der Waals surface area contributed by atoms with Crippen LogP contribution in [-0.2, 0) is 15.1 Å². The summed E-state index contributed by atoms with van der Waals surface area (Å²) in [6, 6.07) is 0. The summed E-state index contributed by atoms with van der Waals surface area (Å²) >= 11 is 0. The van der Waals surface area contributed by atoms with Crippen molar-refractivity contribution >= 4 is 10.4 Å². The summed E-state index contributed by atoms with van der Waals surface area (Å²) < 4.78 is 37.4. The average Bonchev–Trinajstić information content (AvgIpc) is 2.68. The third-order valence-corrected chi connectivity index (χ3v) is 5.28. The molecule has 0 aliphatic heterocycles. The van der Waals surface area contributed by atoms with Gasteiger partial charge in [-0.2, -0.15) is 8.42 Å². The summed E-state index contributed by atoms with van der Waals surface area (Å²) in [6.45, 7) is 6.57. The molecule has 5 nitrogen and oxygen atoms in total. The van der Waals surface area contributed by atoms with Crippen LogP contribution in [0, 0.1) is 0 Å². The molecule has 0 saturated heterocycles. The van der Waals surface area contributed by atoms with Gasteiger partial charge in [0.05, 0.1) is 0 Å². The summed E-state index contributed by atoms with van der Waals surface area (Å²) in [5, 5.41) is 0. The topological polar surface area (TPSA) is 83.8 Å². The minimum Gasteiger partial charge on any atom is -1.00 e. The van der Waals surface area contributed by atoms with E-state index in [1.54, 1.807) is 0 Å². The summed E-state index contributed by atoms with van der Waals surface area (Å²) in [5.41, 5.74) is 0. The second kappa shape index (κ2) is 30.4. The van der Waals surface area contributed by atoms with Crippen molar-refractivity contribution in [2.24, 2.45) is 0 Å². The van der Waals surface area contributed by atoms with E-state index < -0.39 is 10.4 Å². The fourth-order valence-corrected chi connectivity index (χ4v) is 3.49. The van der Waals surface area contributed by atoms with Gasteiger partial charge in [-0.05, 0) is 12.8 Å². The van der Waals surface area contributed by atoms with Crippen LogP contribution < -0.4 is 18.9 Å². The van der Waals surface area contributed by atoms with Gasteiger partial charge in [-0.15, -0.1) is 0 Å². The number of hydrogen-bond donors (Lipinski definition) is 2. The molecule has 0 spiro atoms. The molecule has 0 aromatic heterocycles. The van der Waals surface area contributed by atoms with Crippen molar-refractivity contribution in [3.63, 3.8) is 0 Å². The van der Waals surface area contributed by atoms with Crippen molar-refractivity contribution in [3.8, 4) is 0 Å². The van der Waals surface area contributed by atoms with Gasteiger partial charge in [-0.25, -0.2) is 0 Å². The Morgan fingerprint density at radius 1 is 0.516 bits per heavy atom. The maximum atomic E-state index is 8.74. The molecule has 2 N–H and O–H groups in total. The molecule has 7 heteroatoms. The van der Waals surface area contributed by atoms with E-state index in [9.17, 15) is 0 Å². The zero-order valence-electron chi connectivity index (χ0n) is 22.1. The van der Waals surface area contributed by atoms with Gasteiger partial charge >= 0.3 is 29.3 Å². The molecule has 0 aromatic rings. The van der Waals surface area contributed by atoms with E-state index in [0.717, 1.165) is 13.2 Å². The predicted molar refractivity (Wildman–Crippen MR) is 130 cm³/mol. The number of rotatable bonds is 22. The Labute approximate surface area is 208 Å². The van der Waals surface area contributed by atoms with Crippen LogP contribution in [-0.4, -0.2) is 30.7 Å². The van der Waals surface area contributed by atoms with Gasteiger partial charge in [-0.1, -0.05) is 129 Å². The molecule has 0 fully saturated rings. The molecule has 31 heavy (non-hydrogen) atoms. The minimum absolute atomic E-state index is 0. The molecule has 0 amide bonds. The van der Waals surface area contributed by atoms with Crippen LogP contribution in [0.1, 0.15) is 144 Å². The number of unbranched alkanes of at least 4 members (excludes halogenated alkanes) is 18. The van der Waals surface area contributed by atoms with Gasteiger partial charge in [0.25, 0.3) is 0 Å². The second-order valence-electron chi connectivity index (χ2n) is 8.42. The van der Waals surface area contributed by atoms with Crippen molar-refractivity contribution in [3.05, 3.63) is 0 Å². The Kier molecular flexibility index (Phi) is 35.3. The molecule has 0 unspecified atom stereocenters. The van der Waals surface area contributed by atoms with Crippen molar-refractivity contribution in [1.82, 2.24) is 0 Å². The van der Waals surface area contributed by atoms with E-state index >= 15 is 0 Å². The second-order valence-corrected chi connectivity index (χ2v) is 9.32. The summed E-state index contributed by atoms with van der Waals surface area (Å²) in [4.78, 5) is 0. The van der Waals surface area contributed by atoms with Crippen molar-refractivity contribution < 1.29 is 42.5 Å². The first-order valence-corrected chi connectivity index (χ1v) is 14.1. The van der Waals surface area contributed by atoms with E-state index in [4.69, 9.17) is 22.3 Å². The molecule has 0 aliphatic carbocycles. The van der Waals surface area contributed by atoms with Crippen LogP contribution >= 0.6 is 0 Å². The van der Waals surface area contributed by atoms with Gasteiger partial charge in [0, 0.05) is 13.2 Å². The SMILES string of the molecule is CCCCCCCCCCCCOCCCCCCCCCCCC.O=S(=O)(O)O.[H-].[Li+]. The molecule has 0 heterocycles. The molecule has 0 atom stereocenters. The summed E-state index contributed by atoms with van der Waals surface area (Å²) in [6.07, 6.45) is 28.2. The van der Waals surface area contributed by atoms with Crippen molar-refractivity contribution in [2.45, 2.75) is 142 Å². The zero-order valence-corrected chi connectivity index (χ0v) is 21.9. The van der Waals surface area contributed by atoms with Crippen LogP contribution in [0.2, 0.25) is 0 Å². The van der Waals surface area contributed by atoms with Gasteiger partial charge in [0.1, 0.15) is 0 Å². The molecule has 0 radical (unpaired) electrons. The molecular weight excluding hydrogens is 407 g/mol.